The highest BCUT2D eigenvalue weighted by Crippen LogP contribution is 2.28. The fraction of sp³-hybridized carbons (Fsp3) is 0.200. The van der Waals surface area contributed by atoms with Crippen molar-refractivity contribution < 1.29 is 9.59 Å². The first-order valence-electron chi connectivity index (χ1n) is 9.71. The summed E-state index contributed by atoms with van der Waals surface area (Å²) in [6, 6.07) is 16.0. The molecule has 2 aromatic carbocycles. The van der Waals surface area contributed by atoms with Gasteiger partial charge in [-0.15, -0.1) is 0 Å². The number of fused-ring (bicyclic) bond motifs is 1. The number of nitrogens with zero attached hydrogens (tertiary/aromatic N) is 1. The van der Waals surface area contributed by atoms with Crippen LogP contribution in [0, 0.1) is 0 Å². The highest BCUT2D eigenvalue weighted by atomic mass is 16.2. The number of nitrogens with one attached hydrogen (secondary N) is 1. The second-order valence-electron chi connectivity index (χ2n) is 8.43. The maximum absolute atomic E-state index is 12.6. The molecule has 3 aromatic rings. The Kier molecular flexibility index (Phi) is 4.50. The van der Waals surface area contributed by atoms with E-state index in [1.165, 1.54) is 12.5 Å². The van der Waals surface area contributed by atoms with Crippen molar-refractivity contribution in [3.63, 3.8) is 0 Å². The molecule has 1 aliphatic rings. The number of rotatable bonds is 2. The summed E-state index contributed by atoms with van der Waals surface area (Å²) >= 11 is 0. The van der Waals surface area contributed by atoms with Gasteiger partial charge in [-0.2, -0.15) is 0 Å². The summed E-state index contributed by atoms with van der Waals surface area (Å²) in [4.78, 5) is 24.5. The van der Waals surface area contributed by atoms with E-state index in [4.69, 9.17) is 0 Å². The number of aromatic nitrogens is 1. The summed E-state index contributed by atoms with van der Waals surface area (Å²) < 4.78 is 1.62. The second-order valence-corrected chi connectivity index (χ2v) is 8.43. The Hall–Kier alpha value is -3.40. The van der Waals surface area contributed by atoms with Crippen molar-refractivity contribution in [1.82, 2.24) is 9.88 Å². The van der Waals surface area contributed by atoms with Crippen LogP contribution in [0.1, 0.15) is 49.2 Å². The molecule has 1 aromatic heterocycles. The quantitative estimate of drug-likeness (QED) is 0.621. The van der Waals surface area contributed by atoms with Crippen molar-refractivity contribution in [2.24, 2.45) is 0 Å². The molecular weight excluding hydrogens is 360 g/mol. The van der Waals surface area contributed by atoms with Gasteiger partial charge in [-0.05, 0) is 34.8 Å². The molecule has 4 heteroatoms. The predicted octanol–water partition coefficient (Wildman–Crippen LogP) is 5.15. The smallest absolute Gasteiger partial charge is 0.255 e. The first kappa shape index (κ1) is 18.9. The Morgan fingerprint density at radius 1 is 1.03 bits per heavy atom. The average molecular weight is 384 g/mol. The number of hydrogen-bond acceptors (Lipinski definition) is 2. The Morgan fingerprint density at radius 3 is 2.38 bits per heavy atom. The molecule has 0 aliphatic carbocycles. The summed E-state index contributed by atoms with van der Waals surface area (Å²) in [5.74, 6) is -0.198. The summed E-state index contributed by atoms with van der Waals surface area (Å²) in [7, 11) is 0. The van der Waals surface area contributed by atoms with Gasteiger partial charge in [-0.3, -0.25) is 14.2 Å². The van der Waals surface area contributed by atoms with Crippen molar-refractivity contribution in [2.75, 3.05) is 0 Å². The summed E-state index contributed by atoms with van der Waals surface area (Å²) in [5, 5.41) is 3.90. The number of carbonyl (C=O) groups excluding carboxylic acids is 2. The fourth-order valence-corrected chi connectivity index (χ4v) is 3.61. The van der Waals surface area contributed by atoms with Gasteiger partial charge in [0.05, 0.1) is 5.52 Å². The van der Waals surface area contributed by atoms with Gasteiger partial charge in [-0.1, -0.05) is 63.2 Å². The van der Waals surface area contributed by atoms with E-state index in [9.17, 15) is 9.59 Å². The second kappa shape index (κ2) is 6.89. The van der Waals surface area contributed by atoms with Crippen LogP contribution in [0.25, 0.3) is 22.7 Å². The molecule has 29 heavy (non-hydrogen) atoms. The molecule has 1 amide bonds. The van der Waals surface area contributed by atoms with Gasteiger partial charge in [0.25, 0.3) is 5.91 Å². The number of amides is 1. The van der Waals surface area contributed by atoms with Crippen molar-refractivity contribution >= 4 is 34.5 Å². The zero-order valence-electron chi connectivity index (χ0n) is 17.1. The van der Waals surface area contributed by atoms with Crippen LogP contribution in [0.2, 0.25) is 0 Å². The van der Waals surface area contributed by atoms with E-state index < -0.39 is 0 Å². The normalized spacial score (nSPS) is 15.7. The number of carbonyl (C=O) groups is 2. The fourth-order valence-electron chi connectivity index (χ4n) is 3.61. The molecule has 146 valence electrons. The zero-order valence-corrected chi connectivity index (χ0v) is 17.1. The molecule has 1 N–H and O–H groups in total. The molecule has 1 aliphatic heterocycles. The van der Waals surface area contributed by atoms with Gasteiger partial charge >= 0.3 is 0 Å². The van der Waals surface area contributed by atoms with Crippen molar-refractivity contribution in [3.8, 4) is 0 Å². The molecule has 0 radical (unpaired) electrons. The topological polar surface area (TPSA) is 51.1 Å². The molecule has 4 nitrogen and oxygen atoms in total. The van der Waals surface area contributed by atoms with E-state index in [1.54, 1.807) is 10.8 Å². The predicted molar refractivity (Wildman–Crippen MR) is 117 cm³/mol. The Bertz CT molecular complexity index is 1190. The van der Waals surface area contributed by atoms with Crippen LogP contribution in [0.4, 0.5) is 0 Å². The minimum atomic E-state index is -0.139. The van der Waals surface area contributed by atoms with Crippen LogP contribution in [0.15, 0.2) is 66.4 Å². The first-order valence-corrected chi connectivity index (χ1v) is 9.71. The van der Waals surface area contributed by atoms with Gasteiger partial charge in [0, 0.05) is 35.3 Å². The van der Waals surface area contributed by atoms with Crippen LogP contribution in [0.3, 0.4) is 0 Å². The molecule has 0 atom stereocenters. The van der Waals surface area contributed by atoms with Crippen molar-refractivity contribution in [3.05, 3.63) is 83.1 Å². The van der Waals surface area contributed by atoms with E-state index in [2.05, 4.69) is 38.2 Å². The summed E-state index contributed by atoms with van der Waals surface area (Å²) in [6.45, 7) is 8.07. The highest BCUT2D eigenvalue weighted by molar-refractivity contribution is 6.12. The van der Waals surface area contributed by atoms with Crippen LogP contribution in [-0.4, -0.2) is 16.4 Å². The minimum Gasteiger partial charge on any atom is -0.321 e. The van der Waals surface area contributed by atoms with Gasteiger partial charge in [-0.25, -0.2) is 0 Å². The lowest BCUT2D eigenvalue weighted by molar-refractivity contribution is -0.115. The van der Waals surface area contributed by atoms with E-state index in [0.717, 1.165) is 27.7 Å². The van der Waals surface area contributed by atoms with Crippen LogP contribution in [0.5, 0.6) is 0 Å². The third-order valence-electron chi connectivity index (χ3n) is 5.27. The highest BCUT2D eigenvalue weighted by Gasteiger charge is 2.21. The Labute approximate surface area is 170 Å². The van der Waals surface area contributed by atoms with E-state index in [0.29, 0.717) is 5.57 Å². The lowest BCUT2D eigenvalue weighted by Gasteiger charge is -2.19. The van der Waals surface area contributed by atoms with E-state index >= 15 is 0 Å². The lowest BCUT2D eigenvalue weighted by atomic mass is 9.86. The monoisotopic (exact) mass is 384 g/mol. The SMILES string of the molecule is CC(=O)n1cc(C=C2C=C(c3ccc(C(C)(C)C)cc3)NC2=O)c2ccccc21. The van der Waals surface area contributed by atoms with Crippen LogP contribution < -0.4 is 5.32 Å². The van der Waals surface area contributed by atoms with Gasteiger partial charge < -0.3 is 5.32 Å². The minimum absolute atomic E-state index is 0.0584. The lowest BCUT2D eigenvalue weighted by Crippen LogP contribution is -2.16. The van der Waals surface area contributed by atoms with Crippen molar-refractivity contribution in [1.29, 1.82) is 0 Å². The maximum atomic E-state index is 12.6. The number of benzene rings is 2. The van der Waals surface area contributed by atoms with Crippen LogP contribution >= 0.6 is 0 Å². The Balaban J connectivity index is 1.72. The largest absolute Gasteiger partial charge is 0.321 e. The van der Waals surface area contributed by atoms with E-state index in [-0.39, 0.29) is 17.2 Å². The third kappa shape index (κ3) is 3.54. The van der Waals surface area contributed by atoms with Gasteiger partial charge in [0.2, 0.25) is 5.91 Å². The maximum Gasteiger partial charge on any atom is 0.255 e. The zero-order chi connectivity index (χ0) is 20.8. The molecular formula is C25H24N2O2. The van der Waals surface area contributed by atoms with Crippen LogP contribution in [-0.2, 0) is 10.2 Å². The number of hydrogen-bond donors (Lipinski definition) is 1. The van der Waals surface area contributed by atoms with Crippen molar-refractivity contribution in [2.45, 2.75) is 33.1 Å². The number of para-hydroxylation sites is 1. The van der Waals surface area contributed by atoms with Gasteiger partial charge in [0.15, 0.2) is 0 Å². The standard InChI is InChI=1S/C25H24N2O2/c1-16(28)27-15-19(21-7-5-6-8-23(21)27)13-18-14-22(26-24(18)29)17-9-11-20(12-10-17)25(2,3)4/h5-15H,1-4H3,(H,26,29). The van der Waals surface area contributed by atoms with Gasteiger partial charge in [0.1, 0.15) is 0 Å². The molecule has 0 unspecified atom stereocenters. The summed E-state index contributed by atoms with van der Waals surface area (Å²) in [6.07, 6.45) is 5.50. The molecule has 4 rings (SSSR count). The van der Waals surface area contributed by atoms with E-state index in [1.807, 2.05) is 48.6 Å². The Morgan fingerprint density at radius 2 is 1.72 bits per heavy atom. The molecule has 0 spiro atoms. The first-order chi connectivity index (χ1) is 13.7. The molecule has 2 heterocycles. The molecule has 0 bridgehead atoms. The molecule has 0 saturated heterocycles. The third-order valence-corrected chi connectivity index (χ3v) is 5.27. The summed E-state index contributed by atoms with van der Waals surface area (Å²) in [5.41, 5.74) is 5.36. The molecule has 0 saturated carbocycles. The molecule has 0 fully saturated rings. The average Bonchev–Trinajstić information content (AvgIpc) is 3.23.